The van der Waals surface area contributed by atoms with Gasteiger partial charge in [0.15, 0.2) is 0 Å². The number of ether oxygens (including phenoxy) is 1. The summed E-state index contributed by atoms with van der Waals surface area (Å²) in [5.74, 6) is -1.35. The number of nitrogens with zero attached hydrogens (tertiary/aromatic N) is 1. The molecule has 2 N–H and O–H groups in total. The smallest absolute Gasteiger partial charge is 0.406 e. The fourth-order valence-corrected chi connectivity index (χ4v) is 3.77. The van der Waals surface area contributed by atoms with Gasteiger partial charge in [-0.1, -0.05) is 18.2 Å². The first-order valence-electron chi connectivity index (χ1n) is 8.98. The molecule has 9 nitrogen and oxygen atoms in total. The normalized spacial score (nSPS) is 11.5. The molecule has 0 radical (unpaired) electrons. The number of sulfonamides is 1. The van der Waals surface area contributed by atoms with Crippen LogP contribution in [0.4, 0.5) is 30.2 Å². The maximum atomic E-state index is 12.7. The van der Waals surface area contributed by atoms with Crippen LogP contribution in [0.3, 0.4) is 0 Å². The van der Waals surface area contributed by atoms with E-state index in [9.17, 15) is 36.5 Å². The molecular weight excluding hydrogens is 467 g/mol. The van der Waals surface area contributed by atoms with Crippen LogP contribution in [-0.2, 0) is 10.0 Å². The molecular formula is C20H14F3N3O6S. The summed E-state index contributed by atoms with van der Waals surface area (Å²) >= 11 is 0. The molecule has 3 aromatic rings. The van der Waals surface area contributed by atoms with E-state index < -0.39 is 33.0 Å². The quantitative estimate of drug-likeness (QED) is 0.377. The third-order valence-electron chi connectivity index (χ3n) is 4.10. The Morgan fingerprint density at radius 3 is 2.27 bits per heavy atom. The zero-order chi connectivity index (χ0) is 24.2. The van der Waals surface area contributed by atoms with Gasteiger partial charge < -0.3 is 10.1 Å². The van der Waals surface area contributed by atoms with E-state index in [2.05, 4.69) is 14.8 Å². The molecule has 0 aromatic heterocycles. The van der Waals surface area contributed by atoms with Gasteiger partial charge in [0, 0.05) is 23.9 Å². The van der Waals surface area contributed by atoms with Crippen LogP contribution >= 0.6 is 0 Å². The lowest BCUT2D eigenvalue weighted by molar-refractivity contribution is -0.384. The second kappa shape index (κ2) is 9.16. The zero-order valence-corrected chi connectivity index (χ0v) is 17.2. The summed E-state index contributed by atoms with van der Waals surface area (Å²) in [7, 11) is -4.21. The standard InChI is InChI=1S/C20H14F3N3O6S/c21-20(22,23)32-15-5-3-4-13(12-15)24-19(27)17-6-1-2-7-18(17)25-33(30,31)16-10-8-14(9-11-16)26(28)29/h1-12,25H,(H,24,27). The van der Waals surface area contributed by atoms with Gasteiger partial charge in [-0.3, -0.25) is 19.6 Å². The number of carbonyl (C=O) groups is 1. The Labute approximate surface area is 185 Å². The van der Waals surface area contributed by atoms with Gasteiger partial charge in [-0.25, -0.2) is 8.42 Å². The molecule has 0 unspecified atom stereocenters. The molecule has 0 aliphatic rings. The van der Waals surface area contributed by atoms with Crippen LogP contribution in [0, 0.1) is 10.1 Å². The average Bonchev–Trinajstić information content (AvgIpc) is 2.73. The first-order chi connectivity index (χ1) is 15.4. The number of alkyl halides is 3. The van der Waals surface area contributed by atoms with Crippen molar-refractivity contribution in [2.45, 2.75) is 11.3 Å². The minimum atomic E-state index is -4.91. The van der Waals surface area contributed by atoms with Crippen molar-refractivity contribution in [1.82, 2.24) is 0 Å². The minimum absolute atomic E-state index is 0.0187. The van der Waals surface area contributed by atoms with Crippen molar-refractivity contribution in [2.75, 3.05) is 10.0 Å². The summed E-state index contributed by atoms with van der Waals surface area (Å²) in [6, 6.07) is 14.2. The van der Waals surface area contributed by atoms with Crippen molar-refractivity contribution in [3.63, 3.8) is 0 Å². The number of benzene rings is 3. The van der Waals surface area contributed by atoms with Gasteiger partial charge in [-0.05, 0) is 36.4 Å². The molecule has 0 saturated heterocycles. The Morgan fingerprint density at radius 2 is 1.64 bits per heavy atom. The molecule has 33 heavy (non-hydrogen) atoms. The average molecular weight is 481 g/mol. The number of rotatable bonds is 7. The van der Waals surface area contributed by atoms with Crippen LogP contribution in [0.1, 0.15) is 10.4 Å². The lowest BCUT2D eigenvalue weighted by Crippen LogP contribution is -2.19. The number of nitro groups is 1. The number of nitro benzene ring substituents is 1. The Hall–Kier alpha value is -4.13. The molecule has 0 bridgehead atoms. The highest BCUT2D eigenvalue weighted by atomic mass is 32.2. The number of halogens is 3. The van der Waals surface area contributed by atoms with E-state index in [1.807, 2.05) is 0 Å². The third kappa shape index (κ3) is 6.20. The summed E-state index contributed by atoms with van der Waals surface area (Å²) in [4.78, 5) is 22.5. The maximum Gasteiger partial charge on any atom is 0.573 e. The Bertz CT molecular complexity index is 1290. The van der Waals surface area contributed by atoms with E-state index in [0.717, 1.165) is 36.4 Å². The largest absolute Gasteiger partial charge is 0.573 e. The number of hydrogen-bond acceptors (Lipinski definition) is 6. The zero-order valence-electron chi connectivity index (χ0n) is 16.4. The molecule has 3 rings (SSSR count). The number of nitrogens with one attached hydrogen (secondary N) is 2. The van der Waals surface area contributed by atoms with E-state index in [0.29, 0.717) is 0 Å². The fraction of sp³-hybridized carbons (Fsp3) is 0.0500. The SMILES string of the molecule is O=C(Nc1cccc(OC(F)(F)F)c1)c1ccccc1NS(=O)(=O)c1ccc([N+](=O)[O-])cc1. The first-order valence-corrected chi connectivity index (χ1v) is 10.5. The summed E-state index contributed by atoms with van der Waals surface area (Å²) < 4.78 is 68.6. The molecule has 0 aliphatic carbocycles. The Kier molecular flexibility index (Phi) is 6.53. The molecule has 0 spiro atoms. The van der Waals surface area contributed by atoms with Gasteiger partial charge in [0.05, 0.1) is 21.1 Å². The molecule has 0 heterocycles. The second-order valence-corrected chi connectivity index (χ2v) is 8.11. The van der Waals surface area contributed by atoms with Crippen molar-refractivity contribution in [3.05, 3.63) is 88.5 Å². The van der Waals surface area contributed by atoms with E-state index in [-0.39, 0.29) is 27.5 Å². The lowest BCUT2D eigenvalue weighted by atomic mass is 10.1. The third-order valence-corrected chi connectivity index (χ3v) is 5.48. The van der Waals surface area contributed by atoms with Crippen LogP contribution in [-0.4, -0.2) is 25.6 Å². The molecule has 1 amide bonds. The van der Waals surface area contributed by atoms with Crippen LogP contribution in [0.2, 0.25) is 0 Å². The van der Waals surface area contributed by atoms with Gasteiger partial charge in [0.1, 0.15) is 5.75 Å². The summed E-state index contributed by atoms with van der Waals surface area (Å²) in [6.45, 7) is 0. The number of amides is 1. The van der Waals surface area contributed by atoms with Crippen molar-refractivity contribution < 1.29 is 36.0 Å². The summed E-state index contributed by atoms with van der Waals surface area (Å²) in [5.41, 5.74) is -0.554. The van der Waals surface area contributed by atoms with Gasteiger partial charge in [-0.2, -0.15) is 0 Å². The highest BCUT2D eigenvalue weighted by Gasteiger charge is 2.31. The van der Waals surface area contributed by atoms with Crippen LogP contribution < -0.4 is 14.8 Å². The van der Waals surface area contributed by atoms with Crippen LogP contribution in [0.15, 0.2) is 77.7 Å². The fourth-order valence-electron chi connectivity index (χ4n) is 2.69. The van der Waals surface area contributed by atoms with Crippen molar-refractivity contribution in [2.24, 2.45) is 0 Å². The number of para-hydroxylation sites is 1. The van der Waals surface area contributed by atoms with Crippen molar-refractivity contribution >= 4 is 33.0 Å². The predicted octanol–water partition coefficient (Wildman–Crippen LogP) is 4.55. The topological polar surface area (TPSA) is 128 Å². The van der Waals surface area contributed by atoms with Crippen molar-refractivity contribution in [3.8, 4) is 5.75 Å². The Morgan fingerprint density at radius 1 is 0.970 bits per heavy atom. The van der Waals surface area contributed by atoms with Gasteiger partial charge in [-0.15, -0.1) is 13.2 Å². The number of hydrogen-bond donors (Lipinski definition) is 2. The highest BCUT2D eigenvalue weighted by molar-refractivity contribution is 7.92. The first kappa shape index (κ1) is 23.5. The van der Waals surface area contributed by atoms with E-state index in [1.54, 1.807) is 0 Å². The summed E-state index contributed by atoms with van der Waals surface area (Å²) in [6.07, 6.45) is -4.91. The van der Waals surface area contributed by atoms with Gasteiger partial charge >= 0.3 is 6.36 Å². The Balaban J connectivity index is 1.82. The number of carbonyl (C=O) groups excluding carboxylic acids is 1. The van der Waals surface area contributed by atoms with Crippen molar-refractivity contribution in [1.29, 1.82) is 0 Å². The highest BCUT2D eigenvalue weighted by Crippen LogP contribution is 2.26. The number of anilines is 2. The molecule has 3 aromatic carbocycles. The minimum Gasteiger partial charge on any atom is -0.406 e. The van der Waals surface area contributed by atoms with Gasteiger partial charge in [0.2, 0.25) is 0 Å². The predicted molar refractivity (Wildman–Crippen MR) is 111 cm³/mol. The molecule has 0 saturated carbocycles. The van der Waals surface area contributed by atoms with E-state index in [4.69, 9.17) is 0 Å². The molecule has 0 fully saturated rings. The molecule has 0 atom stereocenters. The van der Waals surface area contributed by atoms with Gasteiger partial charge in [0.25, 0.3) is 21.6 Å². The van der Waals surface area contributed by atoms with Crippen LogP contribution in [0.5, 0.6) is 5.75 Å². The van der Waals surface area contributed by atoms with Crippen LogP contribution in [0.25, 0.3) is 0 Å². The number of non-ortho nitro benzene ring substituents is 1. The second-order valence-electron chi connectivity index (χ2n) is 6.43. The molecule has 13 heteroatoms. The van der Waals surface area contributed by atoms with E-state index >= 15 is 0 Å². The van der Waals surface area contributed by atoms with E-state index in [1.165, 1.54) is 36.4 Å². The molecule has 172 valence electrons. The molecule has 0 aliphatic heterocycles. The maximum absolute atomic E-state index is 12.7. The lowest BCUT2D eigenvalue weighted by Gasteiger charge is -2.14. The summed E-state index contributed by atoms with van der Waals surface area (Å²) in [5, 5.41) is 13.1. The monoisotopic (exact) mass is 481 g/mol.